The molecule has 1 aromatic carbocycles. The highest BCUT2D eigenvalue weighted by atomic mass is 32.2. The summed E-state index contributed by atoms with van der Waals surface area (Å²) >= 11 is 0. The molecule has 1 N–H and O–H groups in total. The Kier molecular flexibility index (Phi) is 4.53. The zero-order chi connectivity index (χ0) is 13.7. The Morgan fingerprint density at radius 3 is 2.47 bits per heavy atom. The van der Waals surface area contributed by atoms with Crippen molar-refractivity contribution in [1.82, 2.24) is 4.72 Å². The predicted molar refractivity (Wildman–Crippen MR) is 70.7 cm³/mol. The van der Waals surface area contributed by atoms with Gasteiger partial charge in [0.2, 0.25) is 10.0 Å². The van der Waals surface area contributed by atoms with Crippen LogP contribution in [0.2, 0.25) is 0 Å². The van der Waals surface area contributed by atoms with Crippen LogP contribution in [-0.2, 0) is 14.8 Å². The predicted octanol–water partition coefficient (Wildman–Crippen LogP) is 1.35. The minimum absolute atomic E-state index is 0.453. The van der Waals surface area contributed by atoms with Crippen molar-refractivity contribution in [2.24, 2.45) is 0 Å². The monoisotopic (exact) mass is 280 g/mol. The van der Waals surface area contributed by atoms with E-state index in [-0.39, 0.29) is 0 Å². The van der Waals surface area contributed by atoms with Crippen LogP contribution in [0.15, 0.2) is 30.3 Å². The molecule has 1 aliphatic heterocycles. The number of hydrogen-bond donors (Lipinski definition) is 1. The Morgan fingerprint density at radius 2 is 1.89 bits per heavy atom. The molecular weight excluding hydrogens is 264 g/mol. The number of ether oxygens (including phenoxy) is 1. The van der Waals surface area contributed by atoms with E-state index in [0.717, 1.165) is 0 Å². The zero-order valence-electron chi connectivity index (χ0n) is 10.5. The Labute approximate surface area is 113 Å². The van der Waals surface area contributed by atoms with Gasteiger partial charge in [0, 0.05) is 13.2 Å². The second kappa shape index (κ2) is 6.15. The molecule has 1 unspecified atom stereocenters. The lowest BCUT2D eigenvalue weighted by molar-refractivity contribution is 0.0981. The maximum atomic E-state index is 12.2. The first-order valence-electron chi connectivity index (χ1n) is 6.17. The van der Waals surface area contributed by atoms with Crippen LogP contribution in [0.4, 0.5) is 0 Å². The van der Waals surface area contributed by atoms with Gasteiger partial charge < -0.3 is 4.74 Å². The van der Waals surface area contributed by atoms with Gasteiger partial charge in [-0.3, -0.25) is 0 Å². The van der Waals surface area contributed by atoms with E-state index >= 15 is 0 Å². The van der Waals surface area contributed by atoms with E-state index < -0.39 is 21.3 Å². The van der Waals surface area contributed by atoms with E-state index in [1.54, 1.807) is 24.3 Å². The summed E-state index contributed by atoms with van der Waals surface area (Å²) in [5, 5.41) is 8.67. The molecule has 0 amide bonds. The molecule has 2 rings (SSSR count). The maximum absolute atomic E-state index is 12.2. The fraction of sp³-hybridized carbons (Fsp3) is 0.462. The van der Waals surface area contributed by atoms with Crippen molar-refractivity contribution in [3.8, 4) is 6.07 Å². The molecule has 102 valence electrons. The zero-order valence-corrected chi connectivity index (χ0v) is 11.3. The molecule has 1 fully saturated rings. The van der Waals surface area contributed by atoms with E-state index in [4.69, 9.17) is 10.00 Å². The van der Waals surface area contributed by atoms with Crippen molar-refractivity contribution >= 4 is 10.0 Å². The number of nitrogens with zero attached hydrogens (tertiary/aromatic N) is 1. The van der Waals surface area contributed by atoms with Crippen molar-refractivity contribution in [3.63, 3.8) is 0 Å². The van der Waals surface area contributed by atoms with Gasteiger partial charge in [-0.15, -0.1) is 0 Å². The number of sulfonamides is 1. The van der Waals surface area contributed by atoms with Crippen LogP contribution in [0.1, 0.15) is 24.4 Å². The van der Waals surface area contributed by atoms with Gasteiger partial charge in [0.1, 0.15) is 6.04 Å². The molecule has 19 heavy (non-hydrogen) atoms. The van der Waals surface area contributed by atoms with E-state index in [1.807, 2.05) is 12.1 Å². The first-order chi connectivity index (χ1) is 9.13. The van der Waals surface area contributed by atoms with Crippen molar-refractivity contribution in [1.29, 1.82) is 5.26 Å². The van der Waals surface area contributed by atoms with Crippen molar-refractivity contribution in [3.05, 3.63) is 35.9 Å². The average molecular weight is 280 g/mol. The molecule has 5 nitrogen and oxygen atoms in total. The van der Waals surface area contributed by atoms with E-state index in [9.17, 15) is 8.42 Å². The number of nitriles is 1. The number of benzene rings is 1. The van der Waals surface area contributed by atoms with Gasteiger partial charge in [-0.05, 0) is 18.4 Å². The van der Waals surface area contributed by atoms with Crippen LogP contribution in [0.25, 0.3) is 0 Å². The smallest absolute Gasteiger partial charge is 0.216 e. The quantitative estimate of drug-likeness (QED) is 0.903. The topological polar surface area (TPSA) is 79.2 Å². The minimum atomic E-state index is -3.50. The third-order valence-electron chi connectivity index (χ3n) is 3.15. The Morgan fingerprint density at radius 1 is 1.26 bits per heavy atom. The van der Waals surface area contributed by atoms with E-state index in [1.165, 1.54) is 0 Å². The second-order valence-corrected chi connectivity index (χ2v) is 6.44. The Bertz CT molecular complexity index is 545. The van der Waals surface area contributed by atoms with Gasteiger partial charge in [-0.1, -0.05) is 30.3 Å². The molecular formula is C13H16N2O3S. The highest BCUT2D eigenvalue weighted by Gasteiger charge is 2.30. The summed E-state index contributed by atoms with van der Waals surface area (Å²) in [5.41, 5.74) is 0.653. The summed E-state index contributed by atoms with van der Waals surface area (Å²) in [4.78, 5) is 0. The minimum Gasteiger partial charge on any atom is -0.381 e. The first-order valence-corrected chi connectivity index (χ1v) is 7.71. The highest BCUT2D eigenvalue weighted by molar-refractivity contribution is 7.90. The second-order valence-electron chi connectivity index (χ2n) is 4.45. The lowest BCUT2D eigenvalue weighted by Gasteiger charge is -2.23. The van der Waals surface area contributed by atoms with Crippen molar-refractivity contribution in [2.45, 2.75) is 24.1 Å². The third kappa shape index (κ3) is 3.53. The molecule has 1 saturated heterocycles. The fourth-order valence-corrected chi connectivity index (χ4v) is 3.58. The summed E-state index contributed by atoms with van der Waals surface area (Å²) in [6.45, 7) is 0.905. The summed E-state index contributed by atoms with van der Waals surface area (Å²) in [5.74, 6) is 0. The third-order valence-corrected chi connectivity index (χ3v) is 5.06. The van der Waals surface area contributed by atoms with Gasteiger partial charge in [-0.25, -0.2) is 8.42 Å². The average Bonchev–Trinajstić information content (AvgIpc) is 2.47. The number of nitrogens with one attached hydrogen (secondary N) is 1. The summed E-state index contributed by atoms with van der Waals surface area (Å²) in [6, 6.07) is 10.0. The Balaban J connectivity index is 2.12. The molecule has 1 heterocycles. The standard InChI is InChI=1S/C13H16N2O3S/c14-10-13(11-4-2-1-3-5-11)15-19(16,17)12-6-8-18-9-7-12/h1-5,12-13,15H,6-9H2. The van der Waals surface area contributed by atoms with Gasteiger partial charge >= 0.3 is 0 Å². The largest absolute Gasteiger partial charge is 0.381 e. The molecule has 0 saturated carbocycles. The van der Waals surface area contributed by atoms with Crippen LogP contribution in [-0.4, -0.2) is 26.9 Å². The Hall–Kier alpha value is -1.42. The van der Waals surface area contributed by atoms with Crippen LogP contribution in [0, 0.1) is 11.3 Å². The lowest BCUT2D eigenvalue weighted by atomic mass is 10.1. The summed E-state index contributed by atoms with van der Waals surface area (Å²) < 4.78 is 32.1. The number of hydrogen-bond acceptors (Lipinski definition) is 4. The van der Waals surface area contributed by atoms with Crippen LogP contribution in [0.5, 0.6) is 0 Å². The van der Waals surface area contributed by atoms with Gasteiger partial charge in [0.05, 0.1) is 11.3 Å². The molecule has 6 heteroatoms. The lowest BCUT2D eigenvalue weighted by Crippen LogP contribution is -2.39. The fourth-order valence-electron chi connectivity index (χ4n) is 2.06. The number of rotatable bonds is 4. The molecule has 0 spiro atoms. The van der Waals surface area contributed by atoms with Gasteiger partial charge in [0.25, 0.3) is 0 Å². The SMILES string of the molecule is N#CC(NS(=O)(=O)C1CCOCC1)c1ccccc1. The van der Waals surface area contributed by atoms with Crippen molar-refractivity contribution < 1.29 is 13.2 Å². The molecule has 1 aromatic rings. The molecule has 0 aliphatic carbocycles. The van der Waals surface area contributed by atoms with Gasteiger partial charge in [-0.2, -0.15) is 9.98 Å². The first kappa shape index (κ1) is 14.0. The molecule has 0 bridgehead atoms. The molecule has 0 aromatic heterocycles. The summed E-state index contributed by atoms with van der Waals surface area (Å²) in [7, 11) is -3.50. The molecule has 1 atom stereocenters. The van der Waals surface area contributed by atoms with Crippen LogP contribution < -0.4 is 4.72 Å². The molecule has 1 aliphatic rings. The normalized spacial score (nSPS) is 18.7. The maximum Gasteiger partial charge on any atom is 0.216 e. The van der Waals surface area contributed by atoms with Crippen LogP contribution in [0.3, 0.4) is 0 Å². The van der Waals surface area contributed by atoms with Gasteiger partial charge in [0.15, 0.2) is 0 Å². The van der Waals surface area contributed by atoms with E-state index in [0.29, 0.717) is 31.6 Å². The highest BCUT2D eigenvalue weighted by Crippen LogP contribution is 2.19. The molecule has 0 radical (unpaired) electrons. The summed E-state index contributed by atoms with van der Waals surface area (Å²) in [6.07, 6.45) is 0.949. The van der Waals surface area contributed by atoms with E-state index in [2.05, 4.69) is 4.72 Å². The van der Waals surface area contributed by atoms with Crippen molar-refractivity contribution in [2.75, 3.05) is 13.2 Å². The van der Waals surface area contributed by atoms with Crippen LogP contribution >= 0.6 is 0 Å².